The van der Waals surface area contributed by atoms with Gasteiger partial charge in [-0.15, -0.1) is 22.1 Å². The van der Waals surface area contributed by atoms with Gasteiger partial charge in [0.1, 0.15) is 0 Å². The summed E-state index contributed by atoms with van der Waals surface area (Å²) in [6.07, 6.45) is 2.27. The van der Waals surface area contributed by atoms with Crippen LogP contribution in [0.5, 0.6) is 0 Å². The molecule has 6 N–H and O–H groups in total. The Labute approximate surface area is 243 Å². The van der Waals surface area contributed by atoms with Crippen LogP contribution in [0.1, 0.15) is 53.1 Å². The number of aliphatic hydroxyl groups excluding tert-OH is 1. The van der Waals surface area contributed by atoms with Crippen LogP contribution >= 0.6 is 22.1 Å². The van der Waals surface area contributed by atoms with Crippen molar-refractivity contribution in [1.29, 1.82) is 0 Å². The van der Waals surface area contributed by atoms with Gasteiger partial charge in [-0.05, 0) is 73.4 Å². The zero-order chi connectivity index (χ0) is 28.5. The Morgan fingerprint density at radius 3 is 2.58 bits per heavy atom. The summed E-state index contributed by atoms with van der Waals surface area (Å²) >= 11 is 1.71. The number of hydrogen-bond acceptors (Lipinski definition) is 8. The Bertz CT molecular complexity index is 1240. The number of carbonyl (C=O) groups is 1. The van der Waals surface area contributed by atoms with E-state index in [9.17, 15) is 19.0 Å². The summed E-state index contributed by atoms with van der Waals surface area (Å²) in [5.41, 5.74) is 4.06. The molecule has 0 radical (unpaired) electrons. The molecular formula is C30H42N4O4S2. The van der Waals surface area contributed by atoms with Crippen molar-refractivity contribution in [3.8, 4) is 0 Å². The largest absolute Gasteiger partial charge is 0.390 e. The van der Waals surface area contributed by atoms with Crippen molar-refractivity contribution in [2.45, 2.75) is 58.2 Å². The summed E-state index contributed by atoms with van der Waals surface area (Å²) in [7, 11) is -2.94. The van der Waals surface area contributed by atoms with E-state index in [2.05, 4.69) is 34.3 Å². The number of rotatable bonds is 13. The third kappa shape index (κ3) is 8.22. The maximum absolute atomic E-state index is 13.6. The molecule has 0 saturated carbocycles. The topological polar surface area (TPSA) is 117 Å². The normalized spacial score (nSPS) is 17.2. The van der Waals surface area contributed by atoms with E-state index < -0.39 is 22.9 Å². The van der Waals surface area contributed by atoms with Crippen LogP contribution < -0.4 is 20.3 Å². The molecule has 8 nitrogen and oxygen atoms in total. The van der Waals surface area contributed by atoms with Crippen molar-refractivity contribution in [2.24, 2.45) is 0 Å². The Balaban J connectivity index is 1.52. The van der Waals surface area contributed by atoms with Crippen molar-refractivity contribution in [2.75, 3.05) is 35.0 Å². The minimum atomic E-state index is -2.94. The first-order valence-electron chi connectivity index (χ1n) is 14.0. The van der Waals surface area contributed by atoms with Crippen molar-refractivity contribution >= 4 is 39.4 Å². The highest BCUT2D eigenvalue weighted by Gasteiger charge is 2.28. The van der Waals surface area contributed by atoms with E-state index in [4.69, 9.17) is 0 Å². The van der Waals surface area contributed by atoms with E-state index in [1.807, 2.05) is 43.3 Å². The monoisotopic (exact) mass is 586 g/mol. The van der Waals surface area contributed by atoms with Crippen LogP contribution in [-0.2, 0) is 19.4 Å². The van der Waals surface area contributed by atoms with Gasteiger partial charge in [-0.2, -0.15) is 0 Å². The molecule has 3 aromatic rings. The van der Waals surface area contributed by atoms with E-state index >= 15 is 0 Å². The summed E-state index contributed by atoms with van der Waals surface area (Å²) in [4.78, 5) is 14.8. The second kappa shape index (κ2) is 14.3. The lowest BCUT2D eigenvalue weighted by Crippen LogP contribution is -2.48. The summed E-state index contributed by atoms with van der Waals surface area (Å²) in [5, 5.41) is 23.0. The highest BCUT2D eigenvalue weighted by atomic mass is 32.3. The van der Waals surface area contributed by atoms with Crippen LogP contribution in [0.25, 0.3) is 0 Å². The minimum Gasteiger partial charge on any atom is -0.390 e. The smallest absolute Gasteiger partial charge is 0.251 e. The van der Waals surface area contributed by atoms with E-state index in [0.717, 1.165) is 30.5 Å². The Kier molecular flexibility index (Phi) is 10.9. The summed E-state index contributed by atoms with van der Waals surface area (Å²) in [5.74, 6) is 0.00380. The Hall–Kier alpha value is -2.60. The van der Waals surface area contributed by atoms with Crippen molar-refractivity contribution in [3.63, 3.8) is 0 Å². The molecule has 2 aromatic carbocycles. The van der Waals surface area contributed by atoms with Crippen LogP contribution in [-0.4, -0.2) is 57.7 Å². The zero-order valence-corrected chi connectivity index (χ0v) is 24.9. The summed E-state index contributed by atoms with van der Waals surface area (Å²) in [6, 6.07) is 16.8. The molecular weight excluding hydrogens is 544 g/mol. The van der Waals surface area contributed by atoms with Crippen LogP contribution in [0, 0.1) is 0 Å². The second-order valence-electron chi connectivity index (χ2n) is 10.2. The number of benzene rings is 2. The lowest BCUT2D eigenvalue weighted by molar-refractivity contribution is 0.0830. The molecule has 0 unspecified atom stereocenters. The molecule has 40 heavy (non-hydrogen) atoms. The van der Waals surface area contributed by atoms with Crippen LogP contribution in [0.2, 0.25) is 0 Å². The van der Waals surface area contributed by atoms with E-state index in [0.29, 0.717) is 49.6 Å². The maximum Gasteiger partial charge on any atom is 0.251 e. The minimum absolute atomic E-state index is 0.319. The number of nitrogens with one attached hydrogen (secondary N) is 3. The first-order valence-corrected chi connectivity index (χ1v) is 16.6. The summed E-state index contributed by atoms with van der Waals surface area (Å²) < 4.78 is 23.0. The molecule has 218 valence electrons. The van der Waals surface area contributed by atoms with Gasteiger partial charge < -0.3 is 21.1 Å². The van der Waals surface area contributed by atoms with E-state index in [-0.39, 0.29) is 5.91 Å². The van der Waals surface area contributed by atoms with Crippen LogP contribution in [0.4, 0.5) is 11.4 Å². The molecule has 0 aliphatic carbocycles. The predicted molar refractivity (Wildman–Crippen MR) is 168 cm³/mol. The Morgan fingerprint density at radius 1 is 1.07 bits per heavy atom. The predicted octanol–water partition coefficient (Wildman–Crippen LogP) is 5.50. The molecule has 10 heteroatoms. The van der Waals surface area contributed by atoms with Crippen molar-refractivity contribution in [1.82, 2.24) is 10.6 Å². The highest BCUT2D eigenvalue weighted by Crippen LogP contribution is 2.50. The Morgan fingerprint density at radius 2 is 1.88 bits per heavy atom. The fourth-order valence-corrected chi connectivity index (χ4v) is 7.51. The number of carbonyl (C=O) groups excluding carboxylic acids is 1. The van der Waals surface area contributed by atoms with Gasteiger partial charge in [-0.1, -0.05) is 37.3 Å². The van der Waals surface area contributed by atoms with Crippen molar-refractivity contribution < 1.29 is 19.0 Å². The van der Waals surface area contributed by atoms with Crippen LogP contribution in [0.3, 0.4) is 0 Å². The van der Waals surface area contributed by atoms with Gasteiger partial charge in [0, 0.05) is 42.3 Å². The van der Waals surface area contributed by atoms with Gasteiger partial charge in [0.05, 0.1) is 23.6 Å². The molecule has 0 bridgehead atoms. The van der Waals surface area contributed by atoms with Gasteiger partial charge in [0.25, 0.3) is 5.91 Å². The third-order valence-corrected chi connectivity index (χ3v) is 10.0. The van der Waals surface area contributed by atoms with Gasteiger partial charge in [-0.25, -0.2) is 0 Å². The quantitative estimate of drug-likeness (QED) is 0.157. The van der Waals surface area contributed by atoms with Gasteiger partial charge >= 0.3 is 0 Å². The maximum atomic E-state index is 13.6. The number of aryl methyl sites for hydroxylation is 1. The zero-order valence-electron chi connectivity index (χ0n) is 23.3. The first kappa shape index (κ1) is 30.4. The fraction of sp³-hybridized carbons (Fsp3) is 0.433. The highest BCUT2D eigenvalue weighted by molar-refractivity contribution is 8.25. The molecule has 1 aliphatic rings. The average Bonchev–Trinajstić information content (AvgIpc) is 3.41. The molecule has 1 saturated heterocycles. The van der Waals surface area contributed by atoms with Gasteiger partial charge in [0.15, 0.2) is 0 Å². The first-order chi connectivity index (χ1) is 19.3. The molecule has 4 rings (SSSR count). The summed E-state index contributed by atoms with van der Waals surface area (Å²) in [6.45, 7) is 6.27. The molecule has 2 heterocycles. The number of amides is 1. The van der Waals surface area contributed by atoms with E-state index in [1.165, 1.54) is 10.4 Å². The number of hydrogen-bond donors (Lipinski definition) is 6. The van der Waals surface area contributed by atoms with E-state index in [1.54, 1.807) is 27.8 Å². The van der Waals surface area contributed by atoms with Crippen LogP contribution in [0.15, 0.2) is 60.0 Å². The standard InChI is InChI=1S/C30H42N4O4S2/c1-3-22-14-27(39-21-22)19-31-20-29(35)28(15-23-10-6-5-7-11-23)33-30(36)24-16-25(32-4-2)18-26(17-24)34-12-8-9-13-40(34,37)38/h5-7,10-11,14,16-18,21,28-29,31-32,35,37-38H,3-4,8-9,12-13,15,19-20H2,1-2H3,(H,33,36)/t28-,29+/m0/s1. The SMILES string of the molecule is CCNc1cc(C(=O)N[C@@H](Cc2ccccc2)[C@H](O)CNCc2cc(CC)cs2)cc(N2CCCCS2(O)O)c1. The molecule has 2 atom stereocenters. The van der Waals surface area contributed by atoms with Gasteiger partial charge in [0.2, 0.25) is 0 Å². The average molecular weight is 587 g/mol. The molecule has 1 amide bonds. The molecule has 1 aromatic heterocycles. The number of anilines is 2. The lowest BCUT2D eigenvalue weighted by atomic mass is 10.00. The molecule has 0 spiro atoms. The number of thiophene rings is 1. The van der Waals surface area contributed by atoms with Crippen molar-refractivity contribution in [3.05, 3.63) is 81.5 Å². The second-order valence-corrected chi connectivity index (χ2v) is 13.3. The molecule has 1 aliphatic heterocycles. The van der Waals surface area contributed by atoms with Gasteiger partial charge in [-0.3, -0.25) is 18.2 Å². The lowest BCUT2D eigenvalue weighted by Gasteiger charge is -2.47. The fourth-order valence-electron chi connectivity index (χ4n) is 4.89. The number of nitrogens with zero attached hydrogens (tertiary/aromatic N) is 1. The molecule has 1 fully saturated rings. The third-order valence-electron chi connectivity index (χ3n) is 7.08. The number of aliphatic hydroxyl groups is 1.